The number of benzene rings is 1. The van der Waals surface area contributed by atoms with Gasteiger partial charge in [-0.2, -0.15) is 0 Å². The van der Waals surface area contributed by atoms with Crippen LogP contribution in [0.5, 0.6) is 5.75 Å². The number of rotatable bonds is 6. The lowest BCUT2D eigenvalue weighted by Crippen LogP contribution is -2.44. The third-order valence-corrected chi connectivity index (χ3v) is 6.95. The summed E-state index contributed by atoms with van der Waals surface area (Å²) in [7, 11) is -3.07. The van der Waals surface area contributed by atoms with Crippen molar-refractivity contribution >= 4 is 27.3 Å². The Morgan fingerprint density at radius 1 is 1.30 bits per heavy atom. The standard InChI is InChI=1S/C19H26N2O5S/c1-3-20(15-9-10-27(24,25)13-15)19(23)14-11-18(22)21(12-14)16-7-5-6-8-17(16)26-4-2/h5-8,14-15H,3-4,9-13H2,1-2H3/t14-,15-/m0/s1. The minimum absolute atomic E-state index is 0.0180. The molecule has 3 rings (SSSR count). The Morgan fingerprint density at radius 2 is 2.04 bits per heavy atom. The number of ether oxygens (including phenoxy) is 1. The Morgan fingerprint density at radius 3 is 2.67 bits per heavy atom. The highest BCUT2D eigenvalue weighted by molar-refractivity contribution is 7.91. The molecule has 0 spiro atoms. The Labute approximate surface area is 160 Å². The fourth-order valence-electron chi connectivity index (χ4n) is 3.91. The lowest BCUT2D eigenvalue weighted by Gasteiger charge is -2.29. The van der Waals surface area contributed by atoms with Crippen molar-refractivity contribution in [1.82, 2.24) is 4.90 Å². The third-order valence-electron chi connectivity index (χ3n) is 5.20. The molecule has 1 aromatic rings. The van der Waals surface area contributed by atoms with E-state index >= 15 is 0 Å². The summed E-state index contributed by atoms with van der Waals surface area (Å²) in [5, 5.41) is 0. The largest absolute Gasteiger partial charge is 0.492 e. The van der Waals surface area contributed by atoms with Crippen molar-refractivity contribution in [3.05, 3.63) is 24.3 Å². The summed E-state index contributed by atoms with van der Waals surface area (Å²) in [4.78, 5) is 28.9. The molecule has 2 fully saturated rings. The van der Waals surface area contributed by atoms with Gasteiger partial charge in [0.1, 0.15) is 5.75 Å². The molecule has 2 aliphatic heterocycles. The number of amides is 2. The molecular weight excluding hydrogens is 368 g/mol. The van der Waals surface area contributed by atoms with Crippen molar-refractivity contribution in [3.8, 4) is 5.75 Å². The zero-order valence-corrected chi connectivity index (χ0v) is 16.6. The predicted molar refractivity (Wildman–Crippen MR) is 103 cm³/mol. The first-order valence-corrected chi connectivity index (χ1v) is 11.2. The van der Waals surface area contributed by atoms with E-state index in [1.807, 2.05) is 38.1 Å². The van der Waals surface area contributed by atoms with E-state index in [-0.39, 0.29) is 42.3 Å². The second-order valence-corrected chi connectivity index (χ2v) is 9.22. The van der Waals surface area contributed by atoms with Gasteiger partial charge in [-0.15, -0.1) is 0 Å². The molecule has 27 heavy (non-hydrogen) atoms. The first-order chi connectivity index (χ1) is 12.9. The van der Waals surface area contributed by atoms with Crippen LogP contribution in [0.25, 0.3) is 0 Å². The Hall–Kier alpha value is -2.09. The highest BCUT2D eigenvalue weighted by Crippen LogP contribution is 2.34. The van der Waals surface area contributed by atoms with E-state index in [2.05, 4.69) is 0 Å². The lowest BCUT2D eigenvalue weighted by atomic mass is 10.1. The smallest absolute Gasteiger partial charge is 0.228 e. The molecule has 0 aromatic heterocycles. The minimum atomic E-state index is -3.07. The van der Waals surface area contributed by atoms with Gasteiger partial charge in [0.25, 0.3) is 0 Å². The first-order valence-electron chi connectivity index (χ1n) is 9.39. The van der Waals surface area contributed by atoms with E-state index in [4.69, 9.17) is 4.74 Å². The minimum Gasteiger partial charge on any atom is -0.492 e. The molecule has 0 saturated carbocycles. The van der Waals surface area contributed by atoms with Crippen LogP contribution in [0.15, 0.2) is 24.3 Å². The molecule has 2 saturated heterocycles. The van der Waals surface area contributed by atoms with E-state index in [9.17, 15) is 18.0 Å². The van der Waals surface area contributed by atoms with Crippen molar-refractivity contribution in [1.29, 1.82) is 0 Å². The molecule has 2 amide bonds. The van der Waals surface area contributed by atoms with Crippen LogP contribution >= 0.6 is 0 Å². The van der Waals surface area contributed by atoms with E-state index in [1.165, 1.54) is 0 Å². The SMILES string of the molecule is CCOc1ccccc1N1C[C@@H](C(=O)N(CC)[C@H]2CCS(=O)(=O)C2)CC1=O. The highest BCUT2D eigenvalue weighted by Gasteiger charge is 2.41. The van der Waals surface area contributed by atoms with Crippen LogP contribution in [0.2, 0.25) is 0 Å². The monoisotopic (exact) mass is 394 g/mol. The first kappa shape index (κ1) is 19.7. The number of para-hydroxylation sites is 2. The normalized spacial score (nSPS) is 24.2. The molecule has 7 nitrogen and oxygen atoms in total. The summed E-state index contributed by atoms with van der Waals surface area (Å²) < 4.78 is 29.2. The molecule has 2 aliphatic rings. The van der Waals surface area contributed by atoms with Crippen molar-refractivity contribution < 1.29 is 22.7 Å². The number of carbonyl (C=O) groups excluding carboxylic acids is 2. The second-order valence-electron chi connectivity index (χ2n) is 6.99. The van der Waals surface area contributed by atoms with Crippen molar-refractivity contribution in [3.63, 3.8) is 0 Å². The quantitative estimate of drug-likeness (QED) is 0.730. The van der Waals surface area contributed by atoms with Crippen LogP contribution in [0.1, 0.15) is 26.7 Å². The van der Waals surface area contributed by atoms with Crippen molar-refractivity contribution in [2.45, 2.75) is 32.7 Å². The highest BCUT2D eigenvalue weighted by atomic mass is 32.2. The van der Waals surface area contributed by atoms with Gasteiger partial charge in [-0.1, -0.05) is 12.1 Å². The van der Waals surface area contributed by atoms with Gasteiger partial charge in [-0.3, -0.25) is 9.59 Å². The molecule has 0 radical (unpaired) electrons. The molecule has 0 unspecified atom stereocenters. The second kappa shape index (κ2) is 7.88. The molecule has 0 aliphatic carbocycles. The Bertz CT molecular complexity index is 823. The number of hydrogen-bond donors (Lipinski definition) is 0. The Kier molecular flexibility index (Phi) is 5.74. The van der Waals surface area contributed by atoms with E-state index in [1.54, 1.807) is 9.80 Å². The van der Waals surface area contributed by atoms with Crippen molar-refractivity contribution in [2.75, 3.05) is 36.1 Å². The van der Waals surface area contributed by atoms with Crippen LogP contribution in [-0.4, -0.2) is 62.4 Å². The summed E-state index contributed by atoms with van der Waals surface area (Å²) in [6.45, 7) is 4.95. The van der Waals surface area contributed by atoms with E-state index in [0.29, 0.717) is 31.0 Å². The van der Waals surface area contributed by atoms with Gasteiger partial charge in [-0.05, 0) is 32.4 Å². The Balaban J connectivity index is 1.76. The third kappa shape index (κ3) is 4.10. The van der Waals surface area contributed by atoms with Crippen LogP contribution in [0.3, 0.4) is 0 Å². The van der Waals surface area contributed by atoms with Gasteiger partial charge in [0.05, 0.1) is 29.7 Å². The average molecular weight is 394 g/mol. The summed E-state index contributed by atoms with van der Waals surface area (Å²) in [5.74, 6) is 0.0503. The lowest BCUT2D eigenvalue weighted by molar-refractivity contribution is -0.137. The molecule has 2 heterocycles. The van der Waals surface area contributed by atoms with Crippen LogP contribution < -0.4 is 9.64 Å². The number of sulfone groups is 1. The summed E-state index contributed by atoms with van der Waals surface area (Å²) >= 11 is 0. The van der Waals surface area contributed by atoms with Crippen LogP contribution in [-0.2, 0) is 19.4 Å². The average Bonchev–Trinajstić information content (AvgIpc) is 3.19. The molecule has 148 valence electrons. The number of nitrogens with zero attached hydrogens (tertiary/aromatic N) is 2. The zero-order valence-electron chi connectivity index (χ0n) is 15.8. The van der Waals surface area contributed by atoms with Crippen molar-refractivity contribution in [2.24, 2.45) is 5.92 Å². The predicted octanol–water partition coefficient (Wildman–Crippen LogP) is 1.47. The zero-order chi connectivity index (χ0) is 19.6. The summed E-state index contributed by atoms with van der Waals surface area (Å²) in [6, 6.07) is 7.02. The topological polar surface area (TPSA) is 84.0 Å². The van der Waals surface area contributed by atoms with Gasteiger partial charge in [0, 0.05) is 25.6 Å². The van der Waals surface area contributed by atoms with Gasteiger partial charge in [0.15, 0.2) is 9.84 Å². The van der Waals surface area contributed by atoms with Gasteiger partial charge >= 0.3 is 0 Å². The number of carbonyl (C=O) groups is 2. The molecule has 0 bridgehead atoms. The van der Waals surface area contributed by atoms with Gasteiger partial charge < -0.3 is 14.5 Å². The molecule has 2 atom stereocenters. The van der Waals surface area contributed by atoms with Crippen LogP contribution in [0.4, 0.5) is 5.69 Å². The molecule has 0 N–H and O–H groups in total. The maximum atomic E-state index is 13.0. The molecule has 1 aromatic carbocycles. The van der Waals surface area contributed by atoms with Gasteiger partial charge in [-0.25, -0.2) is 8.42 Å². The van der Waals surface area contributed by atoms with Crippen LogP contribution in [0, 0.1) is 5.92 Å². The van der Waals surface area contributed by atoms with Gasteiger partial charge in [0.2, 0.25) is 11.8 Å². The maximum absolute atomic E-state index is 13.0. The maximum Gasteiger partial charge on any atom is 0.228 e. The fourth-order valence-corrected chi connectivity index (χ4v) is 5.64. The fraction of sp³-hybridized carbons (Fsp3) is 0.579. The summed E-state index contributed by atoms with van der Waals surface area (Å²) in [5.41, 5.74) is 0.672. The molecule has 8 heteroatoms. The van der Waals surface area contributed by atoms with E-state index < -0.39 is 15.8 Å². The summed E-state index contributed by atoms with van der Waals surface area (Å²) in [6.07, 6.45) is 0.606. The number of anilines is 1. The number of hydrogen-bond acceptors (Lipinski definition) is 5. The molecular formula is C19H26N2O5S. The van der Waals surface area contributed by atoms with E-state index in [0.717, 1.165) is 0 Å².